The number of rotatable bonds is 7. The second-order valence-corrected chi connectivity index (χ2v) is 2.96. The van der Waals surface area contributed by atoms with Crippen molar-refractivity contribution in [2.24, 2.45) is 5.92 Å². The summed E-state index contributed by atoms with van der Waals surface area (Å²) in [5.41, 5.74) is 0. The van der Waals surface area contributed by atoms with E-state index >= 15 is 0 Å². The van der Waals surface area contributed by atoms with Crippen molar-refractivity contribution >= 4 is 6.29 Å². The quantitative estimate of drug-likeness (QED) is 0.418. The number of carbonyl (C=O) groups excluding carboxylic acids is 1. The molecule has 0 saturated heterocycles. The van der Waals surface area contributed by atoms with E-state index in [2.05, 4.69) is 0 Å². The predicted octanol–water partition coefficient (Wildman–Crippen LogP) is 2.03. The van der Waals surface area contributed by atoms with E-state index < -0.39 is 0 Å². The van der Waals surface area contributed by atoms with Crippen LogP contribution in [0.1, 0.15) is 32.6 Å². The molecule has 0 aromatic carbocycles. The van der Waals surface area contributed by atoms with Crippen molar-refractivity contribution in [2.75, 3.05) is 13.7 Å². The Balaban J connectivity index is 2.95. The van der Waals surface area contributed by atoms with Gasteiger partial charge in [-0.05, 0) is 12.8 Å². The zero-order chi connectivity index (χ0) is 8.53. The fourth-order valence-corrected chi connectivity index (χ4v) is 0.958. The fourth-order valence-electron chi connectivity index (χ4n) is 0.958. The van der Waals surface area contributed by atoms with Crippen LogP contribution in [0.25, 0.3) is 0 Å². The van der Waals surface area contributed by atoms with E-state index in [1.54, 1.807) is 7.11 Å². The number of ether oxygens (including phenoxy) is 1. The lowest BCUT2D eigenvalue weighted by molar-refractivity contribution is -0.110. The van der Waals surface area contributed by atoms with Crippen molar-refractivity contribution in [1.82, 2.24) is 0 Å². The molecule has 0 N–H and O–H groups in total. The summed E-state index contributed by atoms with van der Waals surface area (Å²) in [6, 6.07) is 0. The van der Waals surface area contributed by atoms with Gasteiger partial charge in [-0.1, -0.05) is 19.8 Å². The molecule has 0 amide bonds. The van der Waals surface area contributed by atoms with E-state index in [4.69, 9.17) is 4.74 Å². The summed E-state index contributed by atoms with van der Waals surface area (Å²) in [4.78, 5) is 10.2. The van der Waals surface area contributed by atoms with E-state index in [0.717, 1.165) is 32.2 Å². The molecule has 0 aliphatic carbocycles. The Morgan fingerprint density at radius 3 is 2.64 bits per heavy atom. The van der Waals surface area contributed by atoms with Gasteiger partial charge in [0.2, 0.25) is 0 Å². The molecule has 0 bridgehead atoms. The van der Waals surface area contributed by atoms with Crippen LogP contribution in [0.4, 0.5) is 0 Å². The maximum atomic E-state index is 10.2. The number of methoxy groups -OCH3 is 1. The van der Waals surface area contributed by atoms with E-state index in [1.165, 1.54) is 6.42 Å². The maximum Gasteiger partial charge on any atom is 0.122 e. The van der Waals surface area contributed by atoms with Gasteiger partial charge < -0.3 is 9.53 Å². The molecule has 11 heavy (non-hydrogen) atoms. The lowest BCUT2D eigenvalue weighted by Crippen LogP contribution is -1.96. The monoisotopic (exact) mass is 158 g/mol. The van der Waals surface area contributed by atoms with E-state index in [9.17, 15) is 4.79 Å². The van der Waals surface area contributed by atoms with Gasteiger partial charge in [-0.3, -0.25) is 0 Å². The van der Waals surface area contributed by atoms with Gasteiger partial charge in [0.1, 0.15) is 6.29 Å². The first-order chi connectivity index (χ1) is 5.31. The minimum atomic E-state index is 0.234. The van der Waals surface area contributed by atoms with Crippen LogP contribution >= 0.6 is 0 Å². The average Bonchev–Trinajstić information content (AvgIpc) is 2.04. The molecule has 0 rings (SSSR count). The van der Waals surface area contributed by atoms with Crippen LogP contribution in [-0.2, 0) is 9.53 Å². The first kappa shape index (κ1) is 10.6. The third-order valence-electron chi connectivity index (χ3n) is 1.74. The minimum Gasteiger partial charge on any atom is -0.385 e. The Morgan fingerprint density at radius 1 is 1.36 bits per heavy atom. The third kappa shape index (κ3) is 7.53. The molecule has 2 nitrogen and oxygen atoms in total. The maximum absolute atomic E-state index is 10.2. The first-order valence-corrected chi connectivity index (χ1v) is 4.25. The summed E-state index contributed by atoms with van der Waals surface area (Å²) >= 11 is 0. The lowest BCUT2D eigenvalue weighted by atomic mass is 10.1. The number of hydrogen-bond acceptors (Lipinski definition) is 2. The molecule has 0 aromatic heterocycles. The van der Waals surface area contributed by atoms with Gasteiger partial charge >= 0.3 is 0 Å². The first-order valence-electron chi connectivity index (χ1n) is 4.25. The average molecular weight is 158 g/mol. The van der Waals surface area contributed by atoms with E-state index in [1.807, 2.05) is 6.92 Å². The van der Waals surface area contributed by atoms with Crippen molar-refractivity contribution in [3.8, 4) is 0 Å². The molecule has 1 atom stereocenters. The molecule has 1 unspecified atom stereocenters. The van der Waals surface area contributed by atoms with Crippen molar-refractivity contribution in [2.45, 2.75) is 32.6 Å². The molecule has 66 valence electrons. The summed E-state index contributed by atoms with van der Waals surface area (Å²) in [5.74, 6) is 0.234. The Kier molecular flexibility index (Phi) is 7.47. The fraction of sp³-hybridized carbons (Fsp3) is 0.889. The van der Waals surface area contributed by atoms with E-state index in [0.29, 0.717) is 0 Å². The lowest BCUT2D eigenvalue weighted by Gasteiger charge is -2.02. The second-order valence-electron chi connectivity index (χ2n) is 2.96. The standard InChI is InChI=1S/C9H18O2/c1-9(8-10)6-4-3-5-7-11-2/h8-9H,3-7H2,1-2H3. The minimum absolute atomic E-state index is 0.234. The van der Waals surface area contributed by atoms with Crippen LogP contribution in [0.5, 0.6) is 0 Å². The Morgan fingerprint density at radius 2 is 2.09 bits per heavy atom. The Bertz CT molecular complexity index is 91.6. The zero-order valence-electron chi connectivity index (χ0n) is 7.51. The van der Waals surface area contributed by atoms with Crippen molar-refractivity contribution < 1.29 is 9.53 Å². The highest BCUT2D eigenvalue weighted by Gasteiger charge is 1.97. The highest BCUT2D eigenvalue weighted by atomic mass is 16.5. The highest BCUT2D eigenvalue weighted by molar-refractivity contribution is 5.52. The predicted molar refractivity (Wildman–Crippen MR) is 45.6 cm³/mol. The van der Waals surface area contributed by atoms with Gasteiger partial charge in [0, 0.05) is 19.6 Å². The van der Waals surface area contributed by atoms with Gasteiger partial charge in [-0.15, -0.1) is 0 Å². The molecule has 0 aromatic rings. The van der Waals surface area contributed by atoms with Crippen molar-refractivity contribution in [1.29, 1.82) is 0 Å². The van der Waals surface area contributed by atoms with Gasteiger partial charge in [-0.2, -0.15) is 0 Å². The smallest absolute Gasteiger partial charge is 0.122 e. The normalized spacial score (nSPS) is 12.9. The van der Waals surface area contributed by atoms with Crippen LogP contribution in [0.2, 0.25) is 0 Å². The number of hydrogen-bond donors (Lipinski definition) is 0. The summed E-state index contributed by atoms with van der Waals surface area (Å²) in [6.07, 6.45) is 5.47. The molecule has 0 radical (unpaired) electrons. The SMILES string of the molecule is COCCCCCC(C)C=O. The Labute approximate surface area is 68.9 Å². The van der Waals surface area contributed by atoms with Crippen LogP contribution in [0.15, 0.2) is 0 Å². The summed E-state index contributed by atoms with van der Waals surface area (Å²) in [7, 11) is 1.72. The topological polar surface area (TPSA) is 26.3 Å². The summed E-state index contributed by atoms with van der Waals surface area (Å²) in [5, 5.41) is 0. The van der Waals surface area contributed by atoms with Gasteiger partial charge in [0.25, 0.3) is 0 Å². The number of unbranched alkanes of at least 4 members (excludes halogenated alkanes) is 2. The molecule has 0 aliphatic heterocycles. The molecule has 0 fully saturated rings. The molecule has 2 heteroatoms. The molecule has 0 spiro atoms. The van der Waals surface area contributed by atoms with Crippen molar-refractivity contribution in [3.63, 3.8) is 0 Å². The van der Waals surface area contributed by atoms with E-state index in [-0.39, 0.29) is 5.92 Å². The number of carbonyl (C=O) groups is 1. The Hall–Kier alpha value is -0.370. The van der Waals surface area contributed by atoms with Crippen LogP contribution in [0.3, 0.4) is 0 Å². The molecule has 0 heterocycles. The molecular weight excluding hydrogens is 140 g/mol. The zero-order valence-corrected chi connectivity index (χ0v) is 7.51. The van der Waals surface area contributed by atoms with Crippen LogP contribution < -0.4 is 0 Å². The van der Waals surface area contributed by atoms with Crippen LogP contribution in [-0.4, -0.2) is 20.0 Å². The van der Waals surface area contributed by atoms with Gasteiger partial charge in [0.05, 0.1) is 0 Å². The van der Waals surface area contributed by atoms with Gasteiger partial charge in [0.15, 0.2) is 0 Å². The largest absolute Gasteiger partial charge is 0.385 e. The summed E-state index contributed by atoms with van der Waals surface area (Å²) in [6.45, 7) is 2.80. The molecular formula is C9H18O2. The summed E-state index contributed by atoms with van der Waals surface area (Å²) < 4.78 is 4.91. The molecule has 0 aliphatic rings. The van der Waals surface area contributed by atoms with Crippen LogP contribution in [0, 0.1) is 5.92 Å². The number of aldehydes is 1. The molecule has 0 saturated carbocycles. The highest BCUT2D eigenvalue weighted by Crippen LogP contribution is 2.06. The second kappa shape index (κ2) is 7.73. The van der Waals surface area contributed by atoms with Crippen molar-refractivity contribution in [3.05, 3.63) is 0 Å². The third-order valence-corrected chi connectivity index (χ3v) is 1.74. The van der Waals surface area contributed by atoms with Gasteiger partial charge in [-0.25, -0.2) is 0 Å².